The van der Waals surface area contributed by atoms with Gasteiger partial charge in [0.25, 0.3) is 0 Å². The number of phenolic OH excluding ortho intramolecular Hbond substituents is 1. The molecule has 100 valence electrons. The van der Waals surface area contributed by atoms with Gasteiger partial charge < -0.3 is 9.84 Å². The lowest BCUT2D eigenvalue weighted by Crippen LogP contribution is -1.93. The van der Waals surface area contributed by atoms with Crippen LogP contribution in [0, 0.1) is 6.92 Å². The van der Waals surface area contributed by atoms with E-state index in [0.29, 0.717) is 17.0 Å². The third-order valence-electron chi connectivity index (χ3n) is 3.33. The maximum atomic E-state index is 10.5. The van der Waals surface area contributed by atoms with E-state index in [0.717, 1.165) is 16.5 Å². The fourth-order valence-electron chi connectivity index (χ4n) is 2.37. The van der Waals surface area contributed by atoms with Crippen molar-refractivity contribution in [1.82, 2.24) is 9.97 Å². The number of nitrogens with zero attached hydrogens (tertiary/aromatic N) is 2. The molecule has 0 saturated heterocycles. The molecule has 3 rings (SSSR count). The smallest absolute Gasteiger partial charge is 0.221 e. The number of aryl methyl sites for hydroxylation is 1. The van der Waals surface area contributed by atoms with E-state index in [-0.39, 0.29) is 5.75 Å². The highest BCUT2D eigenvalue weighted by molar-refractivity contribution is 5.94. The Labute approximate surface area is 116 Å². The minimum atomic E-state index is 0.150. The second-order valence-electron chi connectivity index (χ2n) is 4.55. The number of fused-ring (bicyclic) bond motifs is 1. The Balaban J connectivity index is 2.35. The molecule has 0 bridgehead atoms. The molecule has 0 amide bonds. The molecule has 0 radical (unpaired) electrons. The Bertz CT molecular complexity index is 785. The van der Waals surface area contributed by atoms with Crippen molar-refractivity contribution < 1.29 is 9.84 Å². The second-order valence-corrected chi connectivity index (χ2v) is 4.55. The van der Waals surface area contributed by atoms with Gasteiger partial charge in [-0.25, -0.2) is 4.98 Å². The summed E-state index contributed by atoms with van der Waals surface area (Å²) in [7, 11) is 1.56. The number of aromatic nitrogens is 2. The van der Waals surface area contributed by atoms with E-state index in [9.17, 15) is 5.11 Å². The monoisotopic (exact) mass is 266 g/mol. The van der Waals surface area contributed by atoms with Gasteiger partial charge in [-0.05, 0) is 36.8 Å². The second kappa shape index (κ2) is 4.81. The van der Waals surface area contributed by atoms with Gasteiger partial charge in [-0.3, -0.25) is 4.98 Å². The molecule has 2 heterocycles. The molecule has 1 aromatic carbocycles. The summed E-state index contributed by atoms with van der Waals surface area (Å²) in [5, 5.41) is 11.4. The van der Waals surface area contributed by atoms with Crippen molar-refractivity contribution in [3.05, 3.63) is 48.3 Å². The zero-order chi connectivity index (χ0) is 14.1. The van der Waals surface area contributed by atoms with Gasteiger partial charge in [-0.1, -0.05) is 6.07 Å². The van der Waals surface area contributed by atoms with Crippen LogP contribution in [0.4, 0.5) is 0 Å². The number of phenols is 1. The van der Waals surface area contributed by atoms with Crippen LogP contribution in [0.15, 0.2) is 42.7 Å². The molecule has 0 aliphatic carbocycles. The molecule has 4 nitrogen and oxygen atoms in total. The highest BCUT2D eigenvalue weighted by atomic mass is 16.5. The predicted octanol–water partition coefficient (Wildman–Crippen LogP) is 3.32. The zero-order valence-electron chi connectivity index (χ0n) is 11.3. The van der Waals surface area contributed by atoms with Crippen molar-refractivity contribution in [3.8, 4) is 22.8 Å². The molecule has 3 aromatic rings. The number of hydrogen-bond donors (Lipinski definition) is 1. The van der Waals surface area contributed by atoms with Gasteiger partial charge in [0.05, 0.1) is 7.11 Å². The minimum Gasteiger partial charge on any atom is -0.505 e. The maximum Gasteiger partial charge on any atom is 0.221 e. The average molecular weight is 266 g/mol. The van der Waals surface area contributed by atoms with E-state index in [4.69, 9.17) is 4.74 Å². The predicted molar refractivity (Wildman–Crippen MR) is 77.9 cm³/mol. The number of benzene rings is 1. The fraction of sp³-hybridized carbons (Fsp3) is 0.125. The lowest BCUT2D eigenvalue weighted by molar-refractivity contribution is 0.399. The van der Waals surface area contributed by atoms with Crippen LogP contribution in [-0.4, -0.2) is 22.2 Å². The van der Waals surface area contributed by atoms with E-state index in [1.807, 2.05) is 37.3 Å². The van der Waals surface area contributed by atoms with Gasteiger partial charge in [0.2, 0.25) is 5.88 Å². The highest BCUT2D eigenvalue weighted by Crippen LogP contribution is 2.39. The van der Waals surface area contributed by atoms with E-state index in [1.54, 1.807) is 19.5 Å². The van der Waals surface area contributed by atoms with Crippen molar-refractivity contribution in [1.29, 1.82) is 0 Å². The van der Waals surface area contributed by atoms with E-state index < -0.39 is 0 Å². The molecule has 0 spiro atoms. The summed E-state index contributed by atoms with van der Waals surface area (Å²) in [4.78, 5) is 8.44. The first-order chi connectivity index (χ1) is 9.72. The highest BCUT2D eigenvalue weighted by Gasteiger charge is 2.15. The number of rotatable bonds is 2. The molecular formula is C16H14N2O2. The summed E-state index contributed by atoms with van der Waals surface area (Å²) in [6.07, 6.45) is 3.33. The average Bonchev–Trinajstić information content (AvgIpc) is 2.51. The van der Waals surface area contributed by atoms with Crippen LogP contribution in [0.3, 0.4) is 0 Å². The normalized spacial score (nSPS) is 10.7. The van der Waals surface area contributed by atoms with Crippen molar-refractivity contribution in [2.45, 2.75) is 6.92 Å². The summed E-state index contributed by atoms with van der Waals surface area (Å²) in [6.45, 7) is 2.00. The van der Waals surface area contributed by atoms with E-state index in [1.165, 1.54) is 0 Å². The molecule has 1 N–H and O–H groups in total. The molecule has 0 fully saturated rings. The van der Waals surface area contributed by atoms with Gasteiger partial charge in [0.15, 0.2) is 0 Å². The number of pyridine rings is 2. The quantitative estimate of drug-likeness (QED) is 0.773. The fourth-order valence-corrected chi connectivity index (χ4v) is 2.37. The first kappa shape index (κ1) is 12.4. The van der Waals surface area contributed by atoms with Crippen molar-refractivity contribution in [2.75, 3.05) is 7.11 Å². The first-order valence-corrected chi connectivity index (χ1v) is 6.29. The van der Waals surface area contributed by atoms with E-state index >= 15 is 0 Å². The number of ether oxygens (including phenoxy) is 1. The molecule has 0 aliphatic rings. The maximum absolute atomic E-state index is 10.5. The summed E-state index contributed by atoms with van der Waals surface area (Å²) in [5.41, 5.74) is 3.07. The SMILES string of the molecule is COc1ncccc1-c1cc(C)c2cccnc2c1O. The van der Waals surface area contributed by atoms with Gasteiger partial charge >= 0.3 is 0 Å². The van der Waals surface area contributed by atoms with Crippen LogP contribution in [-0.2, 0) is 0 Å². The van der Waals surface area contributed by atoms with Gasteiger partial charge in [0.1, 0.15) is 11.3 Å². The van der Waals surface area contributed by atoms with Gasteiger partial charge in [-0.15, -0.1) is 0 Å². The van der Waals surface area contributed by atoms with Crippen molar-refractivity contribution in [3.63, 3.8) is 0 Å². The van der Waals surface area contributed by atoms with Gasteiger partial charge in [0, 0.05) is 28.9 Å². The lowest BCUT2D eigenvalue weighted by Gasteiger charge is -2.12. The molecule has 20 heavy (non-hydrogen) atoms. The molecule has 4 heteroatoms. The lowest BCUT2D eigenvalue weighted by atomic mass is 9.99. The summed E-state index contributed by atoms with van der Waals surface area (Å²) < 4.78 is 5.26. The third-order valence-corrected chi connectivity index (χ3v) is 3.33. The van der Waals surface area contributed by atoms with Crippen LogP contribution in [0.5, 0.6) is 11.6 Å². The van der Waals surface area contributed by atoms with Crippen LogP contribution in [0.25, 0.3) is 22.0 Å². The Morgan fingerprint density at radius 2 is 1.80 bits per heavy atom. The third kappa shape index (κ3) is 1.86. The number of methoxy groups -OCH3 is 1. The summed E-state index contributed by atoms with van der Waals surface area (Å²) in [6, 6.07) is 9.42. The van der Waals surface area contributed by atoms with Crippen LogP contribution >= 0.6 is 0 Å². The minimum absolute atomic E-state index is 0.150. The summed E-state index contributed by atoms with van der Waals surface area (Å²) >= 11 is 0. The molecular weight excluding hydrogens is 252 g/mol. The van der Waals surface area contributed by atoms with Gasteiger partial charge in [-0.2, -0.15) is 0 Å². The standard InChI is InChI=1S/C16H14N2O2/c1-10-9-13(12-6-4-8-18-16(12)20-2)15(19)14-11(10)5-3-7-17-14/h3-9,19H,1-2H3. The van der Waals surface area contributed by atoms with Crippen LogP contribution in [0.2, 0.25) is 0 Å². The van der Waals surface area contributed by atoms with Crippen LogP contribution in [0.1, 0.15) is 5.56 Å². The summed E-state index contributed by atoms with van der Waals surface area (Å²) in [5.74, 6) is 0.634. The number of aromatic hydroxyl groups is 1. The molecule has 0 saturated carbocycles. The van der Waals surface area contributed by atoms with Crippen molar-refractivity contribution >= 4 is 10.9 Å². The Morgan fingerprint density at radius 1 is 1.05 bits per heavy atom. The Hall–Kier alpha value is -2.62. The molecule has 0 aliphatic heterocycles. The Kier molecular flexibility index (Phi) is 2.99. The molecule has 0 atom stereocenters. The Morgan fingerprint density at radius 3 is 2.60 bits per heavy atom. The largest absolute Gasteiger partial charge is 0.505 e. The van der Waals surface area contributed by atoms with Crippen LogP contribution < -0.4 is 4.74 Å². The zero-order valence-corrected chi connectivity index (χ0v) is 11.3. The molecule has 0 unspecified atom stereocenters. The topological polar surface area (TPSA) is 55.2 Å². The van der Waals surface area contributed by atoms with E-state index in [2.05, 4.69) is 9.97 Å². The van der Waals surface area contributed by atoms with Crippen molar-refractivity contribution in [2.24, 2.45) is 0 Å². The first-order valence-electron chi connectivity index (χ1n) is 6.29. The number of hydrogen-bond acceptors (Lipinski definition) is 4. The molecule has 2 aromatic heterocycles.